The van der Waals surface area contributed by atoms with Crippen molar-refractivity contribution in [3.63, 3.8) is 0 Å². The fourth-order valence-electron chi connectivity index (χ4n) is 2.30. The molecule has 0 aromatic carbocycles. The van der Waals surface area contributed by atoms with Gasteiger partial charge in [-0.1, -0.05) is 32.6 Å². The van der Waals surface area contributed by atoms with E-state index in [4.69, 9.17) is 14.6 Å². The Kier molecular flexibility index (Phi) is 8.85. The maximum Gasteiger partial charge on any atom is 0.154 e. The molecular formula is C15H28O5. The summed E-state index contributed by atoms with van der Waals surface area (Å²) in [7, 11) is 0. The van der Waals surface area contributed by atoms with Crippen molar-refractivity contribution < 1.29 is 24.8 Å². The number of hydrogen-bond donors (Lipinski definition) is 3. The van der Waals surface area contributed by atoms with Crippen molar-refractivity contribution in [1.82, 2.24) is 0 Å². The van der Waals surface area contributed by atoms with Crippen molar-refractivity contribution in [2.45, 2.75) is 69.9 Å². The minimum absolute atomic E-state index is 0.122. The van der Waals surface area contributed by atoms with E-state index in [-0.39, 0.29) is 6.61 Å². The van der Waals surface area contributed by atoms with Gasteiger partial charge in [-0.05, 0) is 18.9 Å². The summed E-state index contributed by atoms with van der Waals surface area (Å²) in [6.45, 7) is 1.91. The van der Waals surface area contributed by atoms with Crippen LogP contribution in [0.15, 0.2) is 12.3 Å². The summed E-state index contributed by atoms with van der Waals surface area (Å²) in [4.78, 5) is 0. The minimum atomic E-state index is -1.03. The third kappa shape index (κ3) is 5.79. The average Bonchev–Trinajstić information content (AvgIpc) is 2.82. The molecule has 0 unspecified atom stereocenters. The number of aliphatic hydroxyl groups excluding tert-OH is 3. The van der Waals surface area contributed by atoms with Gasteiger partial charge in [-0.2, -0.15) is 0 Å². The molecule has 1 aliphatic heterocycles. The van der Waals surface area contributed by atoms with Crippen molar-refractivity contribution in [3.05, 3.63) is 12.3 Å². The van der Waals surface area contributed by atoms with Gasteiger partial charge >= 0.3 is 0 Å². The molecule has 118 valence electrons. The molecule has 1 fully saturated rings. The van der Waals surface area contributed by atoms with Crippen molar-refractivity contribution >= 4 is 0 Å². The first-order chi connectivity index (χ1) is 9.70. The van der Waals surface area contributed by atoms with Crippen LogP contribution in [0.3, 0.4) is 0 Å². The van der Waals surface area contributed by atoms with Gasteiger partial charge in [0.15, 0.2) is 6.10 Å². The van der Waals surface area contributed by atoms with Gasteiger partial charge in [0.05, 0.1) is 19.5 Å². The van der Waals surface area contributed by atoms with Crippen molar-refractivity contribution in [1.29, 1.82) is 0 Å². The second-order valence-corrected chi connectivity index (χ2v) is 5.29. The number of allylic oxidation sites excluding steroid dienone is 1. The summed E-state index contributed by atoms with van der Waals surface area (Å²) >= 11 is 0. The van der Waals surface area contributed by atoms with Crippen LogP contribution in [0, 0.1) is 0 Å². The normalized spacial score (nSPS) is 28.1. The summed E-state index contributed by atoms with van der Waals surface area (Å²) in [5, 5.41) is 28.2. The summed E-state index contributed by atoms with van der Waals surface area (Å²) in [6, 6.07) is 0. The second kappa shape index (κ2) is 10.2. The Bertz CT molecular complexity index is 269. The zero-order valence-corrected chi connectivity index (χ0v) is 12.3. The summed E-state index contributed by atoms with van der Waals surface area (Å²) in [5.41, 5.74) is 0. The van der Waals surface area contributed by atoms with E-state index in [2.05, 4.69) is 6.92 Å². The van der Waals surface area contributed by atoms with Crippen molar-refractivity contribution in [2.75, 3.05) is 13.2 Å². The van der Waals surface area contributed by atoms with E-state index in [9.17, 15) is 10.2 Å². The highest BCUT2D eigenvalue weighted by Crippen LogP contribution is 2.21. The molecule has 20 heavy (non-hydrogen) atoms. The zero-order valence-electron chi connectivity index (χ0n) is 12.3. The highest BCUT2D eigenvalue weighted by Gasteiger charge is 2.41. The number of rotatable bonds is 10. The quantitative estimate of drug-likeness (QED) is 0.418. The van der Waals surface area contributed by atoms with Gasteiger partial charge in [-0.15, -0.1) is 0 Å². The molecule has 0 radical (unpaired) electrons. The van der Waals surface area contributed by atoms with Gasteiger partial charge in [0.1, 0.15) is 18.3 Å². The Morgan fingerprint density at radius 2 is 2.05 bits per heavy atom. The fourth-order valence-corrected chi connectivity index (χ4v) is 2.30. The molecule has 1 heterocycles. The van der Waals surface area contributed by atoms with Crippen LogP contribution >= 0.6 is 0 Å². The molecule has 5 heteroatoms. The Labute approximate surface area is 121 Å². The fraction of sp³-hybridized carbons (Fsp3) is 0.867. The first-order valence-electron chi connectivity index (χ1n) is 7.59. The molecule has 0 aromatic heterocycles. The Morgan fingerprint density at radius 3 is 2.75 bits per heavy atom. The molecule has 1 aliphatic rings. The van der Waals surface area contributed by atoms with E-state index in [0.717, 1.165) is 12.8 Å². The van der Waals surface area contributed by atoms with E-state index in [0.29, 0.717) is 0 Å². The van der Waals surface area contributed by atoms with Crippen molar-refractivity contribution in [2.24, 2.45) is 0 Å². The van der Waals surface area contributed by atoms with Gasteiger partial charge in [-0.25, -0.2) is 0 Å². The summed E-state index contributed by atoms with van der Waals surface area (Å²) < 4.78 is 10.7. The standard InChI is InChI=1S/C15H28O5/c1-2-3-4-5-6-7-8-9-19-15-13(18)11-20-14(15)12(17)10-16/h8-9,12-18H,2-7,10-11H2,1H3/b9-8+/t12-,13+,14-,15-/m0/s1. The lowest BCUT2D eigenvalue weighted by Gasteiger charge is -2.22. The molecule has 0 spiro atoms. The first-order valence-corrected chi connectivity index (χ1v) is 7.59. The van der Waals surface area contributed by atoms with Crippen molar-refractivity contribution in [3.8, 4) is 0 Å². The maximum atomic E-state index is 9.73. The Balaban J connectivity index is 2.21. The van der Waals surface area contributed by atoms with Crippen LogP contribution in [0.2, 0.25) is 0 Å². The largest absolute Gasteiger partial charge is 0.493 e. The predicted octanol–water partition coefficient (Wildman–Crippen LogP) is 1.36. The lowest BCUT2D eigenvalue weighted by Crippen LogP contribution is -2.41. The smallest absolute Gasteiger partial charge is 0.154 e. The molecule has 0 saturated carbocycles. The zero-order chi connectivity index (χ0) is 14.8. The van der Waals surface area contributed by atoms with Gasteiger partial charge in [-0.3, -0.25) is 0 Å². The first kappa shape index (κ1) is 17.4. The minimum Gasteiger partial charge on any atom is -0.493 e. The third-order valence-electron chi connectivity index (χ3n) is 3.54. The van der Waals surface area contributed by atoms with Crippen LogP contribution in [0.5, 0.6) is 0 Å². The highest BCUT2D eigenvalue weighted by atomic mass is 16.6. The van der Waals surface area contributed by atoms with Gasteiger partial charge in [0.2, 0.25) is 0 Å². The average molecular weight is 288 g/mol. The molecule has 1 saturated heterocycles. The van der Waals surface area contributed by atoms with Crippen LogP contribution in [0.25, 0.3) is 0 Å². The number of ether oxygens (including phenoxy) is 2. The Hall–Kier alpha value is -0.620. The molecule has 4 atom stereocenters. The SMILES string of the molecule is CCCCCCC/C=C/O[C@@H]1[C@H]([C@@H](O)CO)OC[C@H]1O. The van der Waals surface area contributed by atoms with Gasteiger partial charge < -0.3 is 24.8 Å². The second-order valence-electron chi connectivity index (χ2n) is 5.29. The van der Waals surface area contributed by atoms with Crippen LogP contribution in [0.1, 0.15) is 45.4 Å². The molecule has 5 nitrogen and oxygen atoms in total. The van der Waals surface area contributed by atoms with E-state index in [1.807, 2.05) is 6.08 Å². The van der Waals surface area contributed by atoms with Crippen LogP contribution in [-0.2, 0) is 9.47 Å². The lowest BCUT2D eigenvalue weighted by molar-refractivity contribution is -0.0721. The molecule has 0 amide bonds. The van der Waals surface area contributed by atoms with Crippen LogP contribution < -0.4 is 0 Å². The van der Waals surface area contributed by atoms with Crippen LogP contribution in [-0.4, -0.2) is 52.9 Å². The highest BCUT2D eigenvalue weighted by molar-refractivity contribution is 4.91. The molecule has 3 N–H and O–H groups in total. The van der Waals surface area contributed by atoms with E-state index in [1.54, 1.807) is 6.26 Å². The summed E-state index contributed by atoms with van der Waals surface area (Å²) in [6.07, 6.45) is 7.50. The lowest BCUT2D eigenvalue weighted by atomic mass is 10.1. The summed E-state index contributed by atoms with van der Waals surface area (Å²) in [5.74, 6) is 0. The molecular weight excluding hydrogens is 260 g/mol. The third-order valence-corrected chi connectivity index (χ3v) is 3.54. The molecule has 0 aliphatic carbocycles. The predicted molar refractivity (Wildman–Crippen MR) is 76.2 cm³/mol. The maximum absolute atomic E-state index is 9.73. The number of unbranched alkanes of at least 4 members (excludes halogenated alkanes) is 5. The molecule has 0 bridgehead atoms. The van der Waals surface area contributed by atoms with E-state index < -0.39 is 31.0 Å². The topological polar surface area (TPSA) is 79.2 Å². The number of aliphatic hydroxyl groups is 3. The van der Waals surface area contributed by atoms with E-state index >= 15 is 0 Å². The molecule has 1 rings (SSSR count). The molecule has 0 aromatic rings. The van der Waals surface area contributed by atoms with Crippen LogP contribution in [0.4, 0.5) is 0 Å². The van der Waals surface area contributed by atoms with E-state index in [1.165, 1.54) is 25.7 Å². The van der Waals surface area contributed by atoms with Gasteiger partial charge in [0.25, 0.3) is 0 Å². The monoisotopic (exact) mass is 288 g/mol. The Morgan fingerprint density at radius 1 is 1.30 bits per heavy atom. The number of hydrogen-bond acceptors (Lipinski definition) is 5. The van der Waals surface area contributed by atoms with Gasteiger partial charge in [0, 0.05) is 0 Å².